The number of hydrogen-bond acceptors (Lipinski definition) is 5. The molecule has 0 spiro atoms. The van der Waals surface area contributed by atoms with E-state index in [-0.39, 0.29) is 34.5 Å². The number of amides is 2. The lowest BCUT2D eigenvalue weighted by molar-refractivity contribution is -0.140. The van der Waals surface area contributed by atoms with E-state index in [1.807, 2.05) is 44.2 Å². The minimum absolute atomic E-state index is 0.00485. The smallest absolute Gasteiger partial charge is 0.264 e. The zero-order valence-electron chi connectivity index (χ0n) is 26.7. The molecule has 11 heteroatoms. The van der Waals surface area contributed by atoms with Gasteiger partial charge in [0.2, 0.25) is 11.8 Å². The molecule has 0 saturated carbocycles. The number of methoxy groups -OCH3 is 1. The average molecular weight is 697 g/mol. The molecule has 0 bridgehead atoms. The molecule has 0 radical (unpaired) electrons. The largest absolute Gasteiger partial charge is 0.495 e. The predicted molar refractivity (Wildman–Crippen MR) is 188 cm³/mol. The van der Waals surface area contributed by atoms with E-state index < -0.39 is 28.5 Å². The second-order valence-electron chi connectivity index (χ2n) is 11.1. The molecule has 0 fully saturated rings. The first-order valence-electron chi connectivity index (χ1n) is 15.3. The van der Waals surface area contributed by atoms with E-state index in [0.717, 1.165) is 33.8 Å². The fraction of sp³-hybridized carbons (Fsp3) is 0.278. The summed E-state index contributed by atoms with van der Waals surface area (Å²) in [6, 6.07) is 26.3. The molecule has 0 heterocycles. The summed E-state index contributed by atoms with van der Waals surface area (Å²) >= 11 is 12.6. The number of carbonyl (C=O) groups excluding carboxylic acids is 2. The number of nitrogens with one attached hydrogen (secondary N) is 1. The van der Waals surface area contributed by atoms with Crippen LogP contribution in [0.5, 0.6) is 5.75 Å². The predicted octanol–water partition coefficient (Wildman–Crippen LogP) is 7.06. The number of aryl methyl sites for hydroxylation is 1. The fourth-order valence-corrected chi connectivity index (χ4v) is 6.81. The molecule has 0 aliphatic carbocycles. The van der Waals surface area contributed by atoms with Crippen LogP contribution in [0.4, 0.5) is 5.69 Å². The Morgan fingerprint density at radius 1 is 0.894 bits per heavy atom. The minimum atomic E-state index is -4.27. The van der Waals surface area contributed by atoms with Crippen LogP contribution in [0.15, 0.2) is 102 Å². The molecular weight excluding hydrogens is 657 g/mol. The zero-order valence-corrected chi connectivity index (χ0v) is 29.0. The van der Waals surface area contributed by atoms with Crippen LogP contribution in [-0.4, -0.2) is 51.4 Å². The van der Waals surface area contributed by atoms with Crippen LogP contribution in [-0.2, 0) is 32.6 Å². The third-order valence-corrected chi connectivity index (χ3v) is 10.0. The van der Waals surface area contributed by atoms with Crippen LogP contribution in [0.2, 0.25) is 10.0 Å². The molecule has 0 aliphatic heterocycles. The Labute approximate surface area is 287 Å². The molecule has 0 saturated heterocycles. The normalized spacial score (nSPS) is 11.9. The van der Waals surface area contributed by atoms with Crippen molar-refractivity contribution in [2.75, 3.05) is 24.5 Å². The standard InChI is InChI=1S/C36H39Cl2N3O5S/c1-4-5-21-39-36(43)33(22-27-9-7-6-8-10-27)40(24-28-13-15-29(37)16-14-28)35(42)25-41(30-17-20-34(46-3)32(38)23-30)47(44,45)31-18-11-26(2)12-19-31/h6-20,23,33H,4-5,21-22,24-25H2,1-3H3,(H,39,43)/t33-/m1/s1. The monoisotopic (exact) mass is 695 g/mol. The first kappa shape index (κ1) is 35.8. The Morgan fingerprint density at radius 3 is 2.19 bits per heavy atom. The third kappa shape index (κ3) is 9.50. The van der Waals surface area contributed by atoms with Crippen LogP contribution >= 0.6 is 23.2 Å². The number of rotatable bonds is 15. The van der Waals surface area contributed by atoms with Gasteiger partial charge in [0.05, 0.1) is 22.7 Å². The number of halogens is 2. The summed E-state index contributed by atoms with van der Waals surface area (Å²) in [6.45, 7) is 3.77. The summed E-state index contributed by atoms with van der Waals surface area (Å²) in [5.41, 5.74) is 2.62. The van der Waals surface area contributed by atoms with E-state index >= 15 is 0 Å². The molecule has 4 aromatic carbocycles. The highest BCUT2D eigenvalue weighted by Crippen LogP contribution is 2.32. The second-order valence-corrected chi connectivity index (χ2v) is 13.8. The van der Waals surface area contributed by atoms with Gasteiger partial charge < -0.3 is 15.0 Å². The van der Waals surface area contributed by atoms with Gasteiger partial charge >= 0.3 is 0 Å². The van der Waals surface area contributed by atoms with Crippen molar-refractivity contribution in [3.8, 4) is 5.75 Å². The lowest BCUT2D eigenvalue weighted by atomic mass is 10.0. The van der Waals surface area contributed by atoms with Gasteiger partial charge in [0.1, 0.15) is 18.3 Å². The number of nitrogens with zero attached hydrogens (tertiary/aromatic N) is 2. The molecule has 2 amide bonds. The number of hydrogen-bond donors (Lipinski definition) is 1. The molecule has 248 valence electrons. The van der Waals surface area contributed by atoms with E-state index in [1.165, 1.54) is 36.3 Å². The Morgan fingerprint density at radius 2 is 1.57 bits per heavy atom. The van der Waals surface area contributed by atoms with Crippen molar-refractivity contribution >= 4 is 50.7 Å². The minimum Gasteiger partial charge on any atom is -0.495 e. The van der Waals surface area contributed by atoms with Crippen LogP contribution in [0.3, 0.4) is 0 Å². The highest BCUT2D eigenvalue weighted by Gasteiger charge is 2.34. The van der Waals surface area contributed by atoms with Crippen molar-refractivity contribution in [1.29, 1.82) is 0 Å². The molecule has 0 aliphatic rings. The van der Waals surface area contributed by atoms with Crippen LogP contribution in [0, 0.1) is 6.92 Å². The van der Waals surface area contributed by atoms with Crippen LogP contribution in [0.25, 0.3) is 0 Å². The van der Waals surface area contributed by atoms with Gasteiger partial charge in [-0.05, 0) is 66.9 Å². The maximum atomic E-state index is 14.6. The molecule has 4 aromatic rings. The van der Waals surface area contributed by atoms with Gasteiger partial charge in [0.25, 0.3) is 10.0 Å². The third-order valence-electron chi connectivity index (χ3n) is 7.68. The van der Waals surface area contributed by atoms with Crippen LogP contribution in [0.1, 0.15) is 36.5 Å². The molecule has 0 unspecified atom stereocenters. The summed E-state index contributed by atoms with van der Waals surface area (Å²) in [4.78, 5) is 29.9. The van der Waals surface area contributed by atoms with E-state index in [4.69, 9.17) is 27.9 Å². The Kier molecular flexibility index (Phi) is 12.7. The number of benzene rings is 4. The number of ether oxygens (including phenoxy) is 1. The van der Waals surface area contributed by atoms with Gasteiger partial charge in [0, 0.05) is 24.5 Å². The van der Waals surface area contributed by atoms with Gasteiger partial charge in [-0.1, -0.05) is 96.7 Å². The van der Waals surface area contributed by atoms with Gasteiger partial charge in [-0.2, -0.15) is 0 Å². The molecule has 8 nitrogen and oxygen atoms in total. The summed E-state index contributed by atoms with van der Waals surface area (Å²) in [6.07, 6.45) is 1.88. The maximum Gasteiger partial charge on any atom is 0.264 e. The topological polar surface area (TPSA) is 96.0 Å². The Bertz CT molecular complexity index is 1750. The first-order valence-corrected chi connectivity index (χ1v) is 17.5. The summed E-state index contributed by atoms with van der Waals surface area (Å²) in [5.74, 6) is -0.551. The Balaban J connectivity index is 1.81. The Hall–Kier alpha value is -4.05. The van der Waals surface area contributed by atoms with Gasteiger partial charge in [-0.25, -0.2) is 8.42 Å². The van der Waals surface area contributed by atoms with E-state index in [9.17, 15) is 18.0 Å². The average Bonchev–Trinajstić information content (AvgIpc) is 3.06. The van der Waals surface area contributed by atoms with Crippen molar-refractivity contribution in [2.24, 2.45) is 0 Å². The molecule has 1 N–H and O–H groups in total. The van der Waals surface area contributed by atoms with Crippen molar-refractivity contribution in [3.63, 3.8) is 0 Å². The quantitative estimate of drug-likeness (QED) is 0.134. The van der Waals surface area contributed by atoms with Gasteiger partial charge in [0.15, 0.2) is 0 Å². The summed E-state index contributed by atoms with van der Waals surface area (Å²) in [7, 11) is -2.81. The van der Waals surface area contributed by atoms with Crippen molar-refractivity contribution in [2.45, 2.75) is 50.6 Å². The SMILES string of the molecule is CCCCNC(=O)[C@@H](Cc1ccccc1)N(Cc1ccc(Cl)cc1)C(=O)CN(c1ccc(OC)c(Cl)c1)S(=O)(=O)c1ccc(C)cc1. The number of unbranched alkanes of at least 4 members (excludes halogenated alkanes) is 1. The van der Waals surface area contributed by atoms with Crippen molar-refractivity contribution in [1.82, 2.24) is 10.2 Å². The molecule has 4 rings (SSSR count). The van der Waals surface area contributed by atoms with Crippen LogP contribution < -0.4 is 14.4 Å². The zero-order chi connectivity index (χ0) is 34.0. The molecular formula is C36H39Cl2N3O5S. The summed E-state index contributed by atoms with van der Waals surface area (Å²) in [5, 5.41) is 3.69. The van der Waals surface area contributed by atoms with E-state index in [2.05, 4.69) is 5.32 Å². The molecule has 47 heavy (non-hydrogen) atoms. The number of carbonyl (C=O) groups is 2. The van der Waals surface area contributed by atoms with Crippen molar-refractivity contribution < 1.29 is 22.7 Å². The second kappa shape index (κ2) is 16.7. The number of sulfonamides is 1. The lowest BCUT2D eigenvalue weighted by Gasteiger charge is -2.34. The highest BCUT2D eigenvalue weighted by molar-refractivity contribution is 7.92. The maximum absolute atomic E-state index is 14.6. The van der Waals surface area contributed by atoms with Gasteiger partial charge in [-0.15, -0.1) is 0 Å². The number of anilines is 1. The van der Waals surface area contributed by atoms with Crippen molar-refractivity contribution in [3.05, 3.63) is 124 Å². The molecule has 0 aromatic heterocycles. The summed E-state index contributed by atoms with van der Waals surface area (Å²) < 4.78 is 34.7. The van der Waals surface area contributed by atoms with E-state index in [0.29, 0.717) is 17.3 Å². The fourth-order valence-electron chi connectivity index (χ4n) is 5.02. The van der Waals surface area contributed by atoms with Gasteiger partial charge in [-0.3, -0.25) is 13.9 Å². The molecule has 1 atom stereocenters. The van der Waals surface area contributed by atoms with E-state index in [1.54, 1.807) is 42.5 Å². The lowest BCUT2D eigenvalue weighted by Crippen LogP contribution is -2.53. The first-order chi connectivity index (χ1) is 22.5. The highest BCUT2D eigenvalue weighted by atomic mass is 35.5.